The summed E-state index contributed by atoms with van der Waals surface area (Å²) in [5.41, 5.74) is 9.33. The van der Waals surface area contributed by atoms with Crippen molar-refractivity contribution in [2.45, 2.75) is 78.1 Å². The van der Waals surface area contributed by atoms with Gasteiger partial charge in [0.2, 0.25) is 0 Å². The largest absolute Gasteiger partial charge is 0.0667 e. The van der Waals surface area contributed by atoms with Gasteiger partial charge < -0.3 is 0 Å². The molecule has 0 atom stereocenters. The Balaban J connectivity index is 1.80. The van der Waals surface area contributed by atoms with Gasteiger partial charge in [-0.3, -0.25) is 0 Å². The lowest BCUT2D eigenvalue weighted by Crippen LogP contribution is -1.98. The molecule has 0 bridgehead atoms. The summed E-state index contributed by atoms with van der Waals surface area (Å²) in [6, 6.07) is 9.39. The summed E-state index contributed by atoms with van der Waals surface area (Å²) < 4.78 is 0. The first kappa shape index (κ1) is 15.6. The van der Waals surface area contributed by atoms with Crippen molar-refractivity contribution >= 4 is 11.1 Å². The molecule has 0 N–H and O–H groups in total. The van der Waals surface area contributed by atoms with E-state index in [9.17, 15) is 0 Å². The predicted octanol–water partition coefficient (Wildman–Crippen LogP) is 7.16. The van der Waals surface area contributed by atoms with Gasteiger partial charge in [0.25, 0.3) is 0 Å². The molecule has 2 aliphatic rings. The zero-order valence-corrected chi connectivity index (χ0v) is 14.4. The van der Waals surface area contributed by atoms with Crippen LogP contribution in [-0.2, 0) is 0 Å². The summed E-state index contributed by atoms with van der Waals surface area (Å²) in [4.78, 5) is 0. The number of benzene rings is 1. The van der Waals surface area contributed by atoms with Crippen LogP contribution in [0.5, 0.6) is 0 Å². The second-order valence-corrected chi connectivity index (χ2v) is 7.16. The molecule has 0 spiro atoms. The van der Waals surface area contributed by atoms with Crippen LogP contribution in [-0.4, -0.2) is 0 Å². The van der Waals surface area contributed by atoms with Crippen molar-refractivity contribution in [3.05, 3.63) is 46.5 Å². The number of hydrogen-bond donors (Lipinski definition) is 0. The van der Waals surface area contributed by atoms with Crippen LogP contribution in [0.3, 0.4) is 0 Å². The Morgan fingerprint density at radius 2 is 0.864 bits per heavy atom. The molecule has 1 aromatic carbocycles. The zero-order valence-electron chi connectivity index (χ0n) is 14.4. The number of rotatable bonds is 2. The smallest absolute Gasteiger partial charge is 0.0227 e. The van der Waals surface area contributed by atoms with Gasteiger partial charge in [-0.1, -0.05) is 48.3 Å². The summed E-state index contributed by atoms with van der Waals surface area (Å²) in [7, 11) is 0. The second-order valence-electron chi connectivity index (χ2n) is 7.16. The average molecular weight is 294 g/mol. The molecule has 2 aliphatic carbocycles. The van der Waals surface area contributed by atoms with E-state index in [1.165, 1.54) is 86.5 Å². The molecule has 0 amide bonds. The minimum absolute atomic E-state index is 1.32. The van der Waals surface area contributed by atoms with Crippen molar-refractivity contribution in [2.24, 2.45) is 0 Å². The van der Waals surface area contributed by atoms with Gasteiger partial charge in [0.1, 0.15) is 0 Å². The minimum atomic E-state index is 1.32. The maximum absolute atomic E-state index is 2.35. The van der Waals surface area contributed by atoms with Crippen molar-refractivity contribution in [1.82, 2.24) is 0 Å². The van der Waals surface area contributed by atoms with Gasteiger partial charge in [0.05, 0.1) is 0 Å². The summed E-state index contributed by atoms with van der Waals surface area (Å²) in [6.07, 6.45) is 13.6. The highest BCUT2D eigenvalue weighted by atomic mass is 14.2. The van der Waals surface area contributed by atoms with E-state index in [0.717, 1.165) is 0 Å². The van der Waals surface area contributed by atoms with Crippen molar-refractivity contribution in [1.29, 1.82) is 0 Å². The van der Waals surface area contributed by atoms with Crippen LogP contribution in [0.25, 0.3) is 11.1 Å². The van der Waals surface area contributed by atoms with Gasteiger partial charge in [-0.2, -0.15) is 0 Å². The Morgan fingerprint density at radius 1 is 0.545 bits per heavy atom. The fourth-order valence-corrected chi connectivity index (χ4v) is 4.09. The normalized spacial score (nSPS) is 19.2. The van der Waals surface area contributed by atoms with Crippen LogP contribution in [0.15, 0.2) is 35.4 Å². The molecule has 0 heteroatoms. The van der Waals surface area contributed by atoms with Crippen LogP contribution in [0.2, 0.25) is 0 Å². The molecule has 3 rings (SSSR count). The Morgan fingerprint density at radius 3 is 1.18 bits per heavy atom. The van der Waals surface area contributed by atoms with Crippen molar-refractivity contribution in [3.63, 3.8) is 0 Å². The van der Waals surface area contributed by atoms with E-state index in [4.69, 9.17) is 0 Å². The van der Waals surface area contributed by atoms with Gasteiger partial charge in [-0.05, 0) is 87.5 Å². The molecule has 118 valence electrons. The topological polar surface area (TPSA) is 0 Å². The Bertz CT molecular complexity index is 500. The SMILES string of the molecule is CC(=C1CCCCC1)c1ccc(C(C)=C2CCCCC2)cc1. The van der Waals surface area contributed by atoms with Crippen molar-refractivity contribution in [3.8, 4) is 0 Å². The highest BCUT2D eigenvalue weighted by Crippen LogP contribution is 2.33. The lowest BCUT2D eigenvalue weighted by molar-refractivity contribution is 0.600. The zero-order chi connectivity index (χ0) is 15.4. The van der Waals surface area contributed by atoms with Crippen LogP contribution in [0.1, 0.15) is 89.2 Å². The van der Waals surface area contributed by atoms with Crippen LogP contribution < -0.4 is 0 Å². The van der Waals surface area contributed by atoms with Gasteiger partial charge in [0, 0.05) is 0 Å². The summed E-state index contributed by atoms with van der Waals surface area (Å²) in [6.45, 7) is 4.64. The standard InChI is InChI=1S/C22H30/c1-17(19-9-5-3-6-10-19)21-13-15-22(16-14-21)18(2)20-11-7-4-8-12-20/h13-16H,3-12H2,1-2H3. The first-order valence-electron chi connectivity index (χ1n) is 9.24. The molecule has 22 heavy (non-hydrogen) atoms. The maximum Gasteiger partial charge on any atom is -0.0227 e. The first-order chi connectivity index (χ1) is 10.8. The first-order valence-corrected chi connectivity index (χ1v) is 9.24. The fraction of sp³-hybridized carbons (Fsp3) is 0.545. The van der Waals surface area contributed by atoms with Crippen LogP contribution in [0, 0.1) is 0 Å². The third kappa shape index (κ3) is 3.54. The molecule has 0 radical (unpaired) electrons. The molecular formula is C22H30. The number of hydrogen-bond acceptors (Lipinski definition) is 0. The number of allylic oxidation sites excluding steroid dienone is 4. The lowest BCUT2D eigenvalue weighted by Gasteiger charge is -2.19. The Kier molecular flexibility index (Phi) is 5.18. The molecule has 2 fully saturated rings. The summed E-state index contributed by atoms with van der Waals surface area (Å²) in [5, 5.41) is 0. The molecule has 0 aliphatic heterocycles. The van der Waals surface area contributed by atoms with E-state index in [0.29, 0.717) is 0 Å². The van der Waals surface area contributed by atoms with Gasteiger partial charge in [-0.25, -0.2) is 0 Å². The molecule has 0 unspecified atom stereocenters. The predicted molar refractivity (Wildman–Crippen MR) is 97.8 cm³/mol. The molecule has 0 saturated heterocycles. The molecule has 0 aromatic heterocycles. The highest BCUT2D eigenvalue weighted by Gasteiger charge is 2.12. The van der Waals surface area contributed by atoms with Crippen LogP contribution >= 0.6 is 0 Å². The molecule has 0 nitrogen and oxygen atoms in total. The van der Waals surface area contributed by atoms with Gasteiger partial charge in [0.15, 0.2) is 0 Å². The lowest BCUT2D eigenvalue weighted by atomic mass is 9.87. The maximum atomic E-state index is 2.35. The van der Waals surface area contributed by atoms with Crippen molar-refractivity contribution in [2.75, 3.05) is 0 Å². The summed E-state index contributed by atoms with van der Waals surface area (Å²) in [5.74, 6) is 0. The van der Waals surface area contributed by atoms with Gasteiger partial charge in [-0.15, -0.1) is 0 Å². The van der Waals surface area contributed by atoms with Crippen LogP contribution in [0.4, 0.5) is 0 Å². The summed E-state index contributed by atoms with van der Waals surface area (Å²) >= 11 is 0. The molecule has 2 saturated carbocycles. The van der Waals surface area contributed by atoms with E-state index in [2.05, 4.69) is 38.1 Å². The fourth-order valence-electron chi connectivity index (χ4n) is 4.09. The molecule has 1 aromatic rings. The highest BCUT2D eigenvalue weighted by molar-refractivity contribution is 5.72. The van der Waals surface area contributed by atoms with E-state index in [1.807, 2.05) is 0 Å². The van der Waals surface area contributed by atoms with Gasteiger partial charge >= 0.3 is 0 Å². The molecule has 0 heterocycles. The Hall–Kier alpha value is -1.30. The monoisotopic (exact) mass is 294 g/mol. The van der Waals surface area contributed by atoms with E-state index in [-0.39, 0.29) is 0 Å². The Labute approximate surface area is 136 Å². The third-order valence-electron chi connectivity index (χ3n) is 5.73. The second kappa shape index (κ2) is 7.31. The van der Waals surface area contributed by atoms with E-state index < -0.39 is 0 Å². The molecular weight excluding hydrogens is 264 g/mol. The minimum Gasteiger partial charge on any atom is -0.0667 e. The van der Waals surface area contributed by atoms with E-state index in [1.54, 1.807) is 11.1 Å². The quantitative estimate of drug-likeness (QED) is 0.542. The van der Waals surface area contributed by atoms with E-state index >= 15 is 0 Å². The average Bonchev–Trinajstić information content (AvgIpc) is 2.62. The van der Waals surface area contributed by atoms with Crippen molar-refractivity contribution < 1.29 is 0 Å². The third-order valence-corrected chi connectivity index (χ3v) is 5.73.